The van der Waals surface area contributed by atoms with Crippen molar-refractivity contribution in [2.24, 2.45) is 0 Å². The largest absolute Gasteiger partial charge is 0.336 e. The second-order valence-electron chi connectivity index (χ2n) is 4.88. The van der Waals surface area contributed by atoms with Crippen molar-refractivity contribution in [1.29, 1.82) is 0 Å². The van der Waals surface area contributed by atoms with E-state index in [1.165, 1.54) is 4.88 Å². The van der Waals surface area contributed by atoms with Crippen molar-refractivity contribution in [3.63, 3.8) is 0 Å². The molecule has 1 unspecified atom stereocenters. The molecule has 2 rings (SSSR count). The topological polar surface area (TPSA) is 41.1 Å². The Morgan fingerprint density at radius 2 is 2.10 bits per heavy atom. The van der Waals surface area contributed by atoms with Crippen molar-refractivity contribution >= 4 is 17.4 Å². The van der Waals surface area contributed by atoms with Crippen molar-refractivity contribution in [2.45, 2.75) is 19.9 Å². The third kappa shape index (κ3) is 4.29. The fourth-order valence-corrected chi connectivity index (χ4v) is 3.08. The summed E-state index contributed by atoms with van der Waals surface area (Å²) in [7, 11) is 0. The molecule has 1 heterocycles. The van der Waals surface area contributed by atoms with Crippen LogP contribution in [0.15, 0.2) is 36.4 Å². The molecule has 21 heavy (non-hydrogen) atoms. The number of carbonyl (C=O) groups is 1. The maximum absolute atomic E-state index is 12.2. The molecule has 0 aliphatic carbocycles. The van der Waals surface area contributed by atoms with Gasteiger partial charge in [0.1, 0.15) is 6.67 Å². The molecule has 0 saturated heterocycles. The number of carbonyl (C=O) groups excluding carboxylic acids is 1. The van der Waals surface area contributed by atoms with E-state index in [9.17, 15) is 9.18 Å². The number of urea groups is 1. The van der Waals surface area contributed by atoms with E-state index in [0.29, 0.717) is 0 Å². The second kappa shape index (κ2) is 7.22. The van der Waals surface area contributed by atoms with Gasteiger partial charge < -0.3 is 10.6 Å². The fraction of sp³-hybridized carbons (Fsp3) is 0.312. The quantitative estimate of drug-likeness (QED) is 0.868. The number of amides is 2. The van der Waals surface area contributed by atoms with Gasteiger partial charge in [-0.15, -0.1) is 11.3 Å². The van der Waals surface area contributed by atoms with Crippen molar-refractivity contribution in [3.05, 3.63) is 57.3 Å². The standard InChI is InChI=1S/C16H19FN2OS/c1-11-4-3-5-13(10-11)15(14-7-6-12(2)21-14)19-16(20)18-9-8-17/h3-7,10,15H,8-9H2,1-2H3,(H2,18,19,20). The van der Waals surface area contributed by atoms with Gasteiger partial charge in [0.05, 0.1) is 6.04 Å². The van der Waals surface area contributed by atoms with E-state index >= 15 is 0 Å². The van der Waals surface area contributed by atoms with Gasteiger partial charge in [0.15, 0.2) is 0 Å². The van der Waals surface area contributed by atoms with Gasteiger partial charge in [0.2, 0.25) is 0 Å². The van der Waals surface area contributed by atoms with Crippen LogP contribution in [-0.4, -0.2) is 19.3 Å². The summed E-state index contributed by atoms with van der Waals surface area (Å²) < 4.78 is 12.2. The first kappa shape index (κ1) is 15.5. The van der Waals surface area contributed by atoms with Crippen LogP contribution in [0.2, 0.25) is 0 Å². The predicted molar refractivity (Wildman–Crippen MR) is 84.6 cm³/mol. The van der Waals surface area contributed by atoms with Gasteiger partial charge in [-0.3, -0.25) is 0 Å². The smallest absolute Gasteiger partial charge is 0.315 e. The SMILES string of the molecule is Cc1cccc(C(NC(=O)NCCF)c2ccc(C)s2)c1. The summed E-state index contributed by atoms with van der Waals surface area (Å²) in [6, 6.07) is 11.5. The highest BCUT2D eigenvalue weighted by molar-refractivity contribution is 7.12. The minimum Gasteiger partial charge on any atom is -0.336 e. The Morgan fingerprint density at radius 3 is 2.71 bits per heavy atom. The van der Waals surface area contributed by atoms with Gasteiger partial charge in [-0.05, 0) is 31.5 Å². The number of aryl methyl sites for hydroxylation is 2. The number of hydrogen-bond acceptors (Lipinski definition) is 2. The number of hydrogen-bond donors (Lipinski definition) is 2. The molecule has 0 aliphatic heterocycles. The van der Waals surface area contributed by atoms with Crippen LogP contribution in [0.1, 0.15) is 26.9 Å². The summed E-state index contributed by atoms with van der Waals surface area (Å²) in [6.45, 7) is 3.50. The molecule has 0 bridgehead atoms. The number of alkyl halides is 1. The Bertz CT molecular complexity index is 612. The Kier molecular flexibility index (Phi) is 5.33. The summed E-state index contributed by atoms with van der Waals surface area (Å²) >= 11 is 1.65. The zero-order valence-electron chi connectivity index (χ0n) is 12.2. The van der Waals surface area contributed by atoms with E-state index in [0.717, 1.165) is 16.0 Å². The molecule has 0 radical (unpaired) electrons. The Labute approximate surface area is 128 Å². The van der Waals surface area contributed by atoms with E-state index in [1.807, 2.05) is 44.2 Å². The van der Waals surface area contributed by atoms with Gasteiger partial charge in [-0.25, -0.2) is 9.18 Å². The van der Waals surface area contributed by atoms with Crippen molar-refractivity contribution in [3.8, 4) is 0 Å². The molecule has 0 fully saturated rings. The number of benzene rings is 1. The molecular weight excluding hydrogens is 287 g/mol. The van der Waals surface area contributed by atoms with E-state index in [4.69, 9.17) is 0 Å². The Hall–Kier alpha value is -1.88. The lowest BCUT2D eigenvalue weighted by Crippen LogP contribution is -2.39. The first-order valence-electron chi connectivity index (χ1n) is 6.83. The van der Waals surface area contributed by atoms with Crippen molar-refractivity contribution < 1.29 is 9.18 Å². The molecule has 5 heteroatoms. The average molecular weight is 306 g/mol. The first-order valence-corrected chi connectivity index (χ1v) is 7.65. The highest BCUT2D eigenvalue weighted by Gasteiger charge is 2.18. The highest BCUT2D eigenvalue weighted by Crippen LogP contribution is 2.28. The molecule has 0 spiro atoms. The van der Waals surface area contributed by atoms with Gasteiger partial charge in [-0.1, -0.05) is 29.8 Å². The van der Waals surface area contributed by atoms with Crippen LogP contribution < -0.4 is 10.6 Å². The van der Waals surface area contributed by atoms with E-state index in [1.54, 1.807) is 11.3 Å². The number of thiophene rings is 1. The highest BCUT2D eigenvalue weighted by atomic mass is 32.1. The van der Waals surface area contributed by atoms with E-state index in [-0.39, 0.29) is 18.6 Å². The fourth-order valence-electron chi connectivity index (χ4n) is 2.12. The summed E-state index contributed by atoms with van der Waals surface area (Å²) in [6.07, 6.45) is 0. The van der Waals surface area contributed by atoms with Crippen LogP contribution in [0, 0.1) is 13.8 Å². The summed E-state index contributed by atoms with van der Waals surface area (Å²) in [5.41, 5.74) is 2.16. The van der Waals surface area contributed by atoms with Crippen LogP contribution in [0.3, 0.4) is 0 Å². The number of halogens is 1. The lowest BCUT2D eigenvalue weighted by molar-refractivity contribution is 0.237. The van der Waals surface area contributed by atoms with Crippen LogP contribution in [0.25, 0.3) is 0 Å². The van der Waals surface area contributed by atoms with Gasteiger partial charge in [0, 0.05) is 16.3 Å². The third-order valence-corrected chi connectivity index (χ3v) is 4.14. The predicted octanol–water partition coefficient (Wildman–Crippen LogP) is 3.72. The summed E-state index contributed by atoms with van der Waals surface area (Å²) in [4.78, 5) is 14.1. The molecule has 3 nitrogen and oxygen atoms in total. The molecule has 0 saturated carbocycles. The minimum atomic E-state index is -0.569. The molecular formula is C16H19FN2OS. The molecule has 2 amide bonds. The number of nitrogens with one attached hydrogen (secondary N) is 2. The molecule has 112 valence electrons. The van der Waals surface area contributed by atoms with Gasteiger partial charge >= 0.3 is 6.03 Å². The Morgan fingerprint density at radius 1 is 1.29 bits per heavy atom. The molecule has 1 aromatic heterocycles. The average Bonchev–Trinajstić information content (AvgIpc) is 2.89. The lowest BCUT2D eigenvalue weighted by Gasteiger charge is -2.19. The van der Waals surface area contributed by atoms with Crippen molar-refractivity contribution in [1.82, 2.24) is 10.6 Å². The van der Waals surface area contributed by atoms with Gasteiger partial charge in [0.25, 0.3) is 0 Å². The normalized spacial score (nSPS) is 12.0. The maximum Gasteiger partial charge on any atom is 0.315 e. The molecule has 2 N–H and O–H groups in total. The van der Waals surface area contributed by atoms with Crippen LogP contribution in [0.5, 0.6) is 0 Å². The molecule has 1 atom stereocenters. The zero-order chi connectivity index (χ0) is 15.2. The minimum absolute atomic E-state index is 0.0236. The second-order valence-corrected chi connectivity index (χ2v) is 6.20. The van der Waals surface area contributed by atoms with Crippen LogP contribution in [-0.2, 0) is 0 Å². The third-order valence-electron chi connectivity index (χ3n) is 3.08. The molecule has 2 aromatic rings. The summed E-state index contributed by atoms with van der Waals surface area (Å²) in [5, 5.41) is 5.42. The Balaban J connectivity index is 2.24. The first-order chi connectivity index (χ1) is 10.1. The van der Waals surface area contributed by atoms with Crippen molar-refractivity contribution in [2.75, 3.05) is 13.2 Å². The number of rotatable bonds is 5. The van der Waals surface area contributed by atoms with Crippen LogP contribution >= 0.6 is 11.3 Å². The monoisotopic (exact) mass is 306 g/mol. The van der Waals surface area contributed by atoms with E-state index in [2.05, 4.69) is 16.7 Å². The van der Waals surface area contributed by atoms with Gasteiger partial charge in [-0.2, -0.15) is 0 Å². The van der Waals surface area contributed by atoms with Crippen LogP contribution in [0.4, 0.5) is 9.18 Å². The molecule has 0 aliphatic rings. The maximum atomic E-state index is 12.2. The zero-order valence-corrected chi connectivity index (χ0v) is 13.0. The van der Waals surface area contributed by atoms with E-state index < -0.39 is 6.67 Å². The molecule has 1 aromatic carbocycles. The lowest BCUT2D eigenvalue weighted by atomic mass is 10.0. The summed E-state index contributed by atoms with van der Waals surface area (Å²) in [5.74, 6) is 0.